The molecule has 0 aliphatic carbocycles. The number of piperidine rings is 1. The van der Waals surface area contributed by atoms with E-state index < -0.39 is 5.91 Å². The van der Waals surface area contributed by atoms with Gasteiger partial charge in [0, 0.05) is 30.3 Å². The van der Waals surface area contributed by atoms with E-state index >= 15 is 0 Å². The molecule has 2 aromatic rings. The molecule has 148 valence electrons. The van der Waals surface area contributed by atoms with Gasteiger partial charge in [0.1, 0.15) is 11.6 Å². The summed E-state index contributed by atoms with van der Waals surface area (Å²) in [7, 11) is 1.64. The van der Waals surface area contributed by atoms with Crippen molar-refractivity contribution in [1.82, 2.24) is 4.98 Å². The van der Waals surface area contributed by atoms with Gasteiger partial charge in [0.05, 0.1) is 12.7 Å². The number of anilines is 1. The fourth-order valence-electron chi connectivity index (χ4n) is 4.01. The molecule has 1 aromatic heterocycles. The number of carbonyl (C=O) groups excluding carboxylic acids is 2. The molecule has 0 radical (unpaired) electrons. The Kier molecular flexibility index (Phi) is 5.68. The molecular weight excluding hydrogens is 354 g/mol. The minimum Gasteiger partial charge on any atom is -0.496 e. The molecule has 6 nitrogen and oxygen atoms in total. The Morgan fingerprint density at radius 3 is 2.46 bits per heavy atom. The van der Waals surface area contributed by atoms with Gasteiger partial charge in [-0.1, -0.05) is 0 Å². The number of carbonyl (C=O) groups is 2. The number of aryl methyl sites for hydroxylation is 3. The Hall–Kier alpha value is -2.89. The Morgan fingerprint density at radius 1 is 1.18 bits per heavy atom. The van der Waals surface area contributed by atoms with Gasteiger partial charge in [0.15, 0.2) is 5.78 Å². The summed E-state index contributed by atoms with van der Waals surface area (Å²) in [5.41, 5.74) is 9.36. The van der Waals surface area contributed by atoms with Crippen molar-refractivity contribution in [1.29, 1.82) is 0 Å². The largest absolute Gasteiger partial charge is 0.496 e. The average molecular weight is 381 g/mol. The Balaban J connectivity index is 1.87. The van der Waals surface area contributed by atoms with Crippen LogP contribution in [0.5, 0.6) is 5.75 Å². The number of ether oxygens (including phenoxy) is 1. The molecule has 1 aliphatic rings. The average Bonchev–Trinajstić information content (AvgIpc) is 2.67. The summed E-state index contributed by atoms with van der Waals surface area (Å²) in [5.74, 6) is 0.858. The van der Waals surface area contributed by atoms with Crippen molar-refractivity contribution in [3.05, 3.63) is 52.2 Å². The standard InChI is InChI=1S/C22H27N3O3/c1-13-10-17(11-14(2)20(13)28-4)19(26)16-6-5-9-25(12-16)22-18(21(23)27)8-7-15(3)24-22/h7-8,10-11,16H,5-6,9,12H2,1-4H3,(H2,23,27)/t16-/m1/s1. The normalized spacial score (nSPS) is 16.7. The summed E-state index contributed by atoms with van der Waals surface area (Å²) in [5, 5.41) is 0. The lowest BCUT2D eigenvalue weighted by Gasteiger charge is -2.34. The molecule has 2 N–H and O–H groups in total. The summed E-state index contributed by atoms with van der Waals surface area (Å²) in [6.07, 6.45) is 1.68. The predicted octanol–water partition coefficient (Wildman–Crippen LogP) is 3.21. The van der Waals surface area contributed by atoms with Crippen LogP contribution in [0.4, 0.5) is 5.82 Å². The first-order valence-electron chi connectivity index (χ1n) is 9.53. The lowest BCUT2D eigenvalue weighted by atomic mass is 9.88. The van der Waals surface area contributed by atoms with Gasteiger partial charge in [-0.05, 0) is 69.0 Å². The summed E-state index contributed by atoms with van der Waals surface area (Å²) in [6, 6.07) is 7.28. The molecule has 28 heavy (non-hydrogen) atoms. The number of rotatable bonds is 5. The number of benzene rings is 1. The number of nitrogens with zero attached hydrogens (tertiary/aromatic N) is 2. The number of methoxy groups -OCH3 is 1. The van der Waals surface area contributed by atoms with Gasteiger partial charge in [0.25, 0.3) is 5.91 Å². The van der Waals surface area contributed by atoms with E-state index in [2.05, 4.69) is 4.98 Å². The highest BCUT2D eigenvalue weighted by atomic mass is 16.5. The molecule has 1 saturated heterocycles. The highest BCUT2D eigenvalue weighted by molar-refractivity contribution is 6.00. The first-order chi connectivity index (χ1) is 13.3. The second-order valence-corrected chi connectivity index (χ2v) is 7.48. The van der Waals surface area contributed by atoms with Gasteiger partial charge >= 0.3 is 0 Å². The van der Waals surface area contributed by atoms with Crippen molar-refractivity contribution in [2.45, 2.75) is 33.6 Å². The van der Waals surface area contributed by atoms with E-state index in [0.717, 1.165) is 42.0 Å². The van der Waals surface area contributed by atoms with Crippen LogP contribution in [0, 0.1) is 26.7 Å². The zero-order chi connectivity index (χ0) is 20.4. The minimum absolute atomic E-state index is 0.117. The number of hydrogen-bond donors (Lipinski definition) is 1. The number of nitrogens with two attached hydrogens (primary N) is 1. The van der Waals surface area contributed by atoms with Crippen molar-refractivity contribution >= 4 is 17.5 Å². The van der Waals surface area contributed by atoms with Crippen LogP contribution in [0.3, 0.4) is 0 Å². The molecule has 2 heterocycles. The molecule has 0 bridgehead atoms. The fourth-order valence-corrected chi connectivity index (χ4v) is 4.01. The fraction of sp³-hybridized carbons (Fsp3) is 0.409. The molecular formula is C22H27N3O3. The molecule has 0 saturated carbocycles. The lowest BCUT2D eigenvalue weighted by Crippen LogP contribution is -2.40. The zero-order valence-electron chi connectivity index (χ0n) is 16.9. The Morgan fingerprint density at radius 2 is 1.86 bits per heavy atom. The number of amides is 1. The SMILES string of the molecule is COc1c(C)cc(C(=O)[C@@H]2CCCN(c3nc(C)ccc3C(N)=O)C2)cc1C. The third kappa shape index (κ3) is 3.86. The molecule has 0 unspecified atom stereocenters. The van der Waals surface area contributed by atoms with Gasteiger partial charge in [-0.2, -0.15) is 0 Å². The second kappa shape index (κ2) is 8.00. The monoisotopic (exact) mass is 381 g/mol. The third-order valence-electron chi connectivity index (χ3n) is 5.32. The van der Waals surface area contributed by atoms with Crippen LogP contribution in [0.25, 0.3) is 0 Å². The number of Topliss-reactive ketones (excluding diaryl/α,β-unsaturated/α-hetero) is 1. The maximum atomic E-state index is 13.2. The maximum absolute atomic E-state index is 13.2. The molecule has 1 amide bonds. The molecule has 1 fully saturated rings. The van der Waals surface area contributed by atoms with Crippen molar-refractivity contribution in [2.75, 3.05) is 25.1 Å². The summed E-state index contributed by atoms with van der Waals surface area (Å²) in [6.45, 7) is 7.06. The number of pyridine rings is 1. The van der Waals surface area contributed by atoms with Gasteiger partial charge in [-0.3, -0.25) is 9.59 Å². The predicted molar refractivity (Wildman–Crippen MR) is 109 cm³/mol. The van der Waals surface area contributed by atoms with Gasteiger partial charge < -0.3 is 15.4 Å². The van der Waals surface area contributed by atoms with Crippen LogP contribution in [-0.4, -0.2) is 36.9 Å². The van der Waals surface area contributed by atoms with Crippen molar-refractivity contribution in [2.24, 2.45) is 11.7 Å². The molecule has 3 rings (SSSR count). The van der Waals surface area contributed by atoms with E-state index in [0.29, 0.717) is 23.5 Å². The number of aromatic nitrogens is 1. The van der Waals surface area contributed by atoms with Crippen LogP contribution < -0.4 is 15.4 Å². The molecule has 1 aromatic carbocycles. The summed E-state index contributed by atoms with van der Waals surface area (Å²) >= 11 is 0. The van der Waals surface area contributed by atoms with Crippen molar-refractivity contribution in [3.8, 4) is 5.75 Å². The van der Waals surface area contributed by atoms with Crippen LogP contribution in [0.2, 0.25) is 0 Å². The van der Waals surface area contributed by atoms with E-state index in [-0.39, 0.29) is 11.7 Å². The van der Waals surface area contributed by atoms with E-state index in [9.17, 15) is 9.59 Å². The second-order valence-electron chi connectivity index (χ2n) is 7.48. The molecule has 1 aliphatic heterocycles. The van der Waals surface area contributed by atoms with Gasteiger partial charge in [-0.25, -0.2) is 4.98 Å². The smallest absolute Gasteiger partial charge is 0.252 e. The molecule has 1 atom stereocenters. The lowest BCUT2D eigenvalue weighted by molar-refractivity contribution is 0.0906. The molecule has 6 heteroatoms. The van der Waals surface area contributed by atoms with E-state index in [1.807, 2.05) is 37.8 Å². The first-order valence-corrected chi connectivity index (χ1v) is 9.53. The van der Waals surface area contributed by atoms with Crippen LogP contribution >= 0.6 is 0 Å². The highest BCUT2D eigenvalue weighted by Gasteiger charge is 2.29. The van der Waals surface area contributed by atoms with Crippen LogP contribution in [-0.2, 0) is 0 Å². The quantitative estimate of drug-likeness (QED) is 0.804. The summed E-state index contributed by atoms with van der Waals surface area (Å²) < 4.78 is 5.41. The number of primary amides is 1. The Bertz CT molecular complexity index is 900. The van der Waals surface area contributed by atoms with E-state index in [4.69, 9.17) is 10.5 Å². The summed E-state index contributed by atoms with van der Waals surface area (Å²) in [4.78, 5) is 31.6. The molecule has 0 spiro atoms. The van der Waals surface area contributed by atoms with Gasteiger partial charge in [0.2, 0.25) is 0 Å². The third-order valence-corrected chi connectivity index (χ3v) is 5.32. The minimum atomic E-state index is -0.502. The Labute approximate surface area is 165 Å². The maximum Gasteiger partial charge on any atom is 0.252 e. The number of ketones is 1. The van der Waals surface area contributed by atoms with Crippen LogP contribution in [0.1, 0.15) is 50.4 Å². The van der Waals surface area contributed by atoms with Gasteiger partial charge in [-0.15, -0.1) is 0 Å². The van der Waals surface area contributed by atoms with E-state index in [1.165, 1.54) is 0 Å². The zero-order valence-corrected chi connectivity index (χ0v) is 16.9. The highest BCUT2D eigenvalue weighted by Crippen LogP contribution is 2.30. The number of hydrogen-bond acceptors (Lipinski definition) is 5. The van der Waals surface area contributed by atoms with E-state index in [1.54, 1.807) is 19.2 Å². The van der Waals surface area contributed by atoms with Crippen LogP contribution in [0.15, 0.2) is 24.3 Å². The van der Waals surface area contributed by atoms with Crippen molar-refractivity contribution in [3.63, 3.8) is 0 Å². The topological polar surface area (TPSA) is 85.5 Å². The van der Waals surface area contributed by atoms with Crippen molar-refractivity contribution < 1.29 is 14.3 Å². The first kappa shape index (κ1) is 19.9.